The number of thiazole rings is 1. The highest BCUT2D eigenvalue weighted by Crippen LogP contribution is 2.30. The van der Waals surface area contributed by atoms with E-state index >= 15 is 0 Å². The molecule has 104 valence electrons. The van der Waals surface area contributed by atoms with Gasteiger partial charge >= 0.3 is 0 Å². The van der Waals surface area contributed by atoms with Crippen LogP contribution in [-0.4, -0.2) is 41.6 Å². The van der Waals surface area contributed by atoms with E-state index in [1.54, 1.807) is 11.3 Å². The summed E-state index contributed by atoms with van der Waals surface area (Å²) in [7, 11) is 0. The van der Waals surface area contributed by atoms with Crippen molar-refractivity contribution in [3.63, 3.8) is 0 Å². The van der Waals surface area contributed by atoms with Crippen molar-refractivity contribution >= 4 is 17.2 Å². The van der Waals surface area contributed by atoms with E-state index < -0.39 is 0 Å². The highest BCUT2D eigenvalue weighted by molar-refractivity contribution is 7.09. The zero-order valence-electron chi connectivity index (χ0n) is 11.3. The first-order chi connectivity index (χ1) is 9.24. The topological polar surface area (TPSA) is 42.4 Å². The SMILES string of the molecule is Cc1csc([C@@H]2CCCN(C(=O)[C@@H]3CCCO3)C2)n1. The maximum Gasteiger partial charge on any atom is 0.251 e. The molecule has 19 heavy (non-hydrogen) atoms. The van der Waals surface area contributed by atoms with Gasteiger partial charge in [-0.2, -0.15) is 0 Å². The number of nitrogens with zero attached hydrogens (tertiary/aromatic N) is 2. The molecule has 1 amide bonds. The van der Waals surface area contributed by atoms with Crippen LogP contribution < -0.4 is 0 Å². The lowest BCUT2D eigenvalue weighted by atomic mass is 9.98. The molecule has 2 aliphatic rings. The molecule has 3 heterocycles. The van der Waals surface area contributed by atoms with Gasteiger partial charge in [-0.05, 0) is 32.6 Å². The number of carbonyl (C=O) groups excluding carboxylic acids is 1. The maximum atomic E-state index is 12.4. The number of hydrogen-bond donors (Lipinski definition) is 0. The minimum atomic E-state index is -0.184. The molecule has 2 saturated heterocycles. The average Bonchev–Trinajstić information content (AvgIpc) is 3.09. The summed E-state index contributed by atoms with van der Waals surface area (Å²) in [6, 6.07) is 0. The lowest BCUT2D eigenvalue weighted by Crippen LogP contribution is -2.44. The van der Waals surface area contributed by atoms with Gasteiger partial charge in [-0.1, -0.05) is 0 Å². The van der Waals surface area contributed by atoms with Gasteiger partial charge in [-0.25, -0.2) is 4.98 Å². The molecule has 0 aromatic carbocycles. The summed E-state index contributed by atoms with van der Waals surface area (Å²) in [5.41, 5.74) is 1.09. The van der Waals surface area contributed by atoms with Crippen LogP contribution >= 0.6 is 11.3 Å². The van der Waals surface area contributed by atoms with Crippen molar-refractivity contribution in [1.82, 2.24) is 9.88 Å². The van der Waals surface area contributed by atoms with E-state index in [1.165, 1.54) is 5.01 Å². The van der Waals surface area contributed by atoms with Crippen LogP contribution in [0.1, 0.15) is 42.3 Å². The molecule has 0 aliphatic carbocycles. The lowest BCUT2D eigenvalue weighted by molar-refractivity contribution is -0.142. The highest BCUT2D eigenvalue weighted by Gasteiger charge is 2.32. The highest BCUT2D eigenvalue weighted by atomic mass is 32.1. The molecular formula is C14H20N2O2S. The van der Waals surface area contributed by atoms with Gasteiger partial charge in [-0.15, -0.1) is 11.3 Å². The number of aromatic nitrogens is 1. The van der Waals surface area contributed by atoms with E-state index in [2.05, 4.69) is 10.4 Å². The number of carbonyl (C=O) groups is 1. The van der Waals surface area contributed by atoms with Gasteiger partial charge < -0.3 is 9.64 Å². The predicted molar refractivity (Wildman–Crippen MR) is 74.4 cm³/mol. The minimum Gasteiger partial charge on any atom is -0.368 e. The molecule has 1 aromatic rings. The molecule has 0 radical (unpaired) electrons. The quantitative estimate of drug-likeness (QED) is 0.835. The first kappa shape index (κ1) is 13.1. The third kappa shape index (κ3) is 2.82. The van der Waals surface area contributed by atoms with Gasteiger partial charge in [0.2, 0.25) is 0 Å². The van der Waals surface area contributed by atoms with Crippen LogP contribution in [0, 0.1) is 6.92 Å². The Morgan fingerprint density at radius 3 is 3.05 bits per heavy atom. The van der Waals surface area contributed by atoms with Crippen molar-refractivity contribution in [2.24, 2.45) is 0 Å². The van der Waals surface area contributed by atoms with Gasteiger partial charge in [-0.3, -0.25) is 4.79 Å². The number of likely N-dealkylation sites (tertiary alicyclic amines) is 1. The van der Waals surface area contributed by atoms with E-state index in [1.807, 2.05) is 11.8 Å². The van der Waals surface area contributed by atoms with Gasteiger partial charge in [0.1, 0.15) is 6.10 Å². The lowest BCUT2D eigenvalue weighted by Gasteiger charge is -2.33. The molecule has 4 nitrogen and oxygen atoms in total. The van der Waals surface area contributed by atoms with E-state index in [9.17, 15) is 4.79 Å². The summed E-state index contributed by atoms with van der Waals surface area (Å²) >= 11 is 1.72. The molecule has 0 saturated carbocycles. The molecule has 2 aliphatic heterocycles. The standard InChI is InChI=1S/C14H20N2O2S/c1-10-9-19-13(15-10)11-4-2-6-16(8-11)14(17)12-5-3-7-18-12/h9,11-12H,2-8H2,1H3/t11-,12+/m1/s1. The van der Waals surface area contributed by atoms with Gasteiger partial charge in [0.25, 0.3) is 5.91 Å². The molecule has 1 aromatic heterocycles. The van der Waals surface area contributed by atoms with Crippen molar-refractivity contribution in [2.75, 3.05) is 19.7 Å². The fourth-order valence-electron chi connectivity index (χ4n) is 2.91. The van der Waals surface area contributed by atoms with Crippen LogP contribution in [0.5, 0.6) is 0 Å². The Balaban J connectivity index is 1.65. The Kier molecular flexibility index (Phi) is 3.84. The Labute approximate surface area is 117 Å². The summed E-state index contributed by atoms with van der Waals surface area (Å²) < 4.78 is 5.51. The van der Waals surface area contributed by atoms with Crippen LogP contribution in [0.4, 0.5) is 0 Å². The average molecular weight is 280 g/mol. The van der Waals surface area contributed by atoms with E-state index in [0.29, 0.717) is 5.92 Å². The molecular weight excluding hydrogens is 260 g/mol. The summed E-state index contributed by atoms with van der Waals surface area (Å²) in [4.78, 5) is 18.9. The Bertz CT molecular complexity index is 454. The van der Waals surface area contributed by atoms with Crippen LogP contribution in [0.3, 0.4) is 0 Å². The Hall–Kier alpha value is -0.940. The zero-order valence-corrected chi connectivity index (χ0v) is 12.1. The second kappa shape index (κ2) is 5.59. The van der Waals surface area contributed by atoms with E-state index in [-0.39, 0.29) is 12.0 Å². The fourth-order valence-corrected chi connectivity index (χ4v) is 3.84. The molecule has 3 rings (SSSR count). The number of piperidine rings is 1. The summed E-state index contributed by atoms with van der Waals surface area (Å²) in [6.07, 6.45) is 3.93. The van der Waals surface area contributed by atoms with Crippen molar-refractivity contribution in [2.45, 2.75) is 44.6 Å². The number of ether oxygens (including phenoxy) is 1. The fraction of sp³-hybridized carbons (Fsp3) is 0.714. The van der Waals surface area contributed by atoms with Crippen molar-refractivity contribution in [1.29, 1.82) is 0 Å². The first-order valence-electron chi connectivity index (χ1n) is 7.06. The monoisotopic (exact) mass is 280 g/mol. The summed E-state index contributed by atoms with van der Waals surface area (Å²) in [5.74, 6) is 0.605. The largest absolute Gasteiger partial charge is 0.368 e. The molecule has 0 bridgehead atoms. The van der Waals surface area contributed by atoms with Gasteiger partial charge in [0.05, 0.1) is 5.01 Å². The first-order valence-corrected chi connectivity index (χ1v) is 7.94. The molecule has 0 spiro atoms. The van der Waals surface area contributed by atoms with Crippen LogP contribution in [0.15, 0.2) is 5.38 Å². The molecule has 0 unspecified atom stereocenters. The normalized spacial score (nSPS) is 27.7. The zero-order chi connectivity index (χ0) is 13.2. The van der Waals surface area contributed by atoms with Crippen molar-refractivity contribution < 1.29 is 9.53 Å². The molecule has 0 N–H and O–H groups in total. The third-order valence-corrected chi connectivity index (χ3v) is 5.05. The Morgan fingerprint density at radius 2 is 2.37 bits per heavy atom. The smallest absolute Gasteiger partial charge is 0.251 e. The number of amides is 1. The molecule has 2 fully saturated rings. The summed E-state index contributed by atoms with van der Waals surface area (Å²) in [6.45, 7) is 4.45. The van der Waals surface area contributed by atoms with Crippen molar-refractivity contribution in [3.05, 3.63) is 16.1 Å². The van der Waals surface area contributed by atoms with Crippen molar-refractivity contribution in [3.8, 4) is 0 Å². The number of hydrogen-bond acceptors (Lipinski definition) is 4. The second-order valence-electron chi connectivity index (χ2n) is 5.45. The van der Waals surface area contributed by atoms with E-state index in [0.717, 1.165) is 51.1 Å². The molecule has 5 heteroatoms. The second-order valence-corrected chi connectivity index (χ2v) is 6.34. The third-order valence-electron chi connectivity index (χ3n) is 3.92. The number of rotatable bonds is 2. The van der Waals surface area contributed by atoms with Gasteiger partial charge in [0.15, 0.2) is 0 Å². The maximum absolute atomic E-state index is 12.4. The predicted octanol–water partition coefficient (Wildman–Crippen LogP) is 2.34. The van der Waals surface area contributed by atoms with Gasteiger partial charge in [0, 0.05) is 36.7 Å². The van der Waals surface area contributed by atoms with Crippen LogP contribution in [0.25, 0.3) is 0 Å². The summed E-state index contributed by atoms with van der Waals surface area (Å²) in [5, 5.41) is 3.28. The minimum absolute atomic E-state index is 0.184. The molecule has 2 atom stereocenters. The van der Waals surface area contributed by atoms with E-state index in [4.69, 9.17) is 4.74 Å². The van der Waals surface area contributed by atoms with Crippen LogP contribution in [0.2, 0.25) is 0 Å². The number of aryl methyl sites for hydroxylation is 1. The Morgan fingerprint density at radius 1 is 1.47 bits per heavy atom. The van der Waals surface area contributed by atoms with Crippen LogP contribution in [-0.2, 0) is 9.53 Å².